The second-order valence-corrected chi connectivity index (χ2v) is 4.07. The molecule has 0 heterocycles. The average molecular weight is 239 g/mol. The zero-order valence-electron chi connectivity index (χ0n) is 9.25. The topological polar surface area (TPSA) is 26.0 Å². The molecule has 1 nitrogen and oxygen atoms in total. The van der Waals surface area contributed by atoms with E-state index in [0.717, 1.165) is 23.1 Å². The quantitative estimate of drug-likeness (QED) is 0.803. The highest BCUT2D eigenvalue weighted by molar-refractivity contribution is 5.86. The molecule has 0 radical (unpaired) electrons. The molecule has 90 valence electrons. The molecule has 2 aromatic carbocycles. The van der Waals surface area contributed by atoms with Crippen LogP contribution < -0.4 is 5.73 Å². The third-order valence-corrected chi connectivity index (χ3v) is 2.73. The number of nitrogens with two attached hydrogens (primary N) is 1. The van der Waals surface area contributed by atoms with Crippen LogP contribution in [-0.2, 0) is 6.18 Å². The molecule has 0 aromatic heterocycles. The van der Waals surface area contributed by atoms with Crippen LogP contribution >= 0.6 is 0 Å². The van der Waals surface area contributed by atoms with Crippen LogP contribution in [0.3, 0.4) is 0 Å². The van der Waals surface area contributed by atoms with E-state index in [-0.39, 0.29) is 6.04 Å². The summed E-state index contributed by atoms with van der Waals surface area (Å²) in [6.45, 7) is 1.81. The summed E-state index contributed by atoms with van der Waals surface area (Å²) in [5.74, 6) is 0. The Kier molecular flexibility index (Phi) is 2.83. The van der Waals surface area contributed by atoms with Gasteiger partial charge >= 0.3 is 6.18 Å². The van der Waals surface area contributed by atoms with Crippen molar-refractivity contribution in [3.63, 3.8) is 0 Å². The lowest BCUT2D eigenvalue weighted by Gasteiger charge is -2.12. The van der Waals surface area contributed by atoms with Gasteiger partial charge in [0.2, 0.25) is 0 Å². The molecule has 0 amide bonds. The summed E-state index contributed by atoms with van der Waals surface area (Å²) in [6, 6.07) is 8.75. The van der Waals surface area contributed by atoms with Crippen LogP contribution in [0.4, 0.5) is 13.2 Å². The largest absolute Gasteiger partial charge is 0.416 e. The number of rotatable bonds is 1. The van der Waals surface area contributed by atoms with Crippen molar-refractivity contribution >= 4 is 10.8 Å². The lowest BCUT2D eigenvalue weighted by atomic mass is 9.98. The van der Waals surface area contributed by atoms with Gasteiger partial charge in [-0.05, 0) is 35.4 Å². The number of hydrogen-bond donors (Lipinski definition) is 1. The van der Waals surface area contributed by atoms with Crippen LogP contribution in [0.5, 0.6) is 0 Å². The molecule has 1 atom stereocenters. The molecule has 0 fully saturated rings. The van der Waals surface area contributed by atoms with E-state index < -0.39 is 11.7 Å². The van der Waals surface area contributed by atoms with Crippen LogP contribution in [0, 0.1) is 0 Å². The van der Waals surface area contributed by atoms with Crippen LogP contribution in [0.1, 0.15) is 24.1 Å². The number of halogens is 3. The molecule has 2 aromatic rings. The van der Waals surface area contributed by atoms with Crippen molar-refractivity contribution in [2.75, 3.05) is 0 Å². The van der Waals surface area contributed by atoms with E-state index in [1.165, 1.54) is 6.07 Å². The molecule has 2 N–H and O–H groups in total. The van der Waals surface area contributed by atoms with Gasteiger partial charge in [0.05, 0.1) is 5.56 Å². The third-order valence-electron chi connectivity index (χ3n) is 2.73. The Balaban J connectivity index is 2.65. The maximum absolute atomic E-state index is 12.6. The Morgan fingerprint density at radius 3 is 2.41 bits per heavy atom. The first-order valence-electron chi connectivity index (χ1n) is 5.25. The predicted molar refractivity (Wildman–Crippen MR) is 61.6 cm³/mol. The number of hydrogen-bond acceptors (Lipinski definition) is 1. The van der Waals surface area contributed by atoms with Crippen molar-refractivity contribution in [3.8, 4) is 0 Å². The predicted octanol–water partition coefficient (Wildman–Crippen LogP) is 3.88. The highest BCUT2D eigenvalue weighted by Crippen LogP contribution is 2.32. The molecule has 0 aliphatic rings. The van der Waals surface area contributed by atoms with E-state index in [1.54, 1.807) is 12.1 Å². The van der Waals surface area contributed by atoms with Crippen molar-refractivity contribution in [1.29, 1.82) is 0 Å². The van der Waals surface area contributed by atoms with E-state index in [0.29, 0.717) is 5.39 Å². The highest BCUT2D eigenvalue weighted by Gasteiger charge is 2.30. The van der Waals surface area contributed by atoms with E-state index in [2.05, 4.69) is 0 Å². The molecular weight excluding hydrogens is 227 g/mol. The zero-order valence-corrected chi connectivity index (χ0v) is 9.25. The monoisotopic (exact) mass is 239 g/mol. The van der Waals surface area contributed by atoms with Gasteiger partial charge in [-0.2, -0.15) is 13.2 Å². The van der Waals surface area contributed by atoms with Crippen molar-refractivity contribution in [1.82, 2.24) is 0 Å². The Bertz CT molecular complexity index is 544. The number of alkyl halides is 3. The van der Waals surface area contributed by atoms with Gasteiger partial charge < -0.3 is 5.73 Å². The second-order valence-electron chi connectivity index (χ2n) is 4.07. The molecule has 1 unspecified atom stereocenters. The summed E-state index contributed by atoms with van der Waals surface area (Å²) >= 11 is 0. The summed E-state index contributed by atoms with van der Waals surface area (Å²) in [7, 11) is 0. The molecule has 0 saturated carbocycles. The van der Waals surface area contributed by atoms with Gasteiger partial charge in [0.1, 0.15) is 0 Å². The molecule has 0 bridgehead atoms. The fourth-order valence-corrected chi connectivity index (χ4v) is 1.88. The molecule has 4 heteroatoms. The van der Waals surface area contributed by atoms with Crippen LogP contribution in [0.15, 0.2) is 36.4 Å². The molecule has 0 aliphatic heterocycles. The van der Waals surface area contributed by atoms with Crippen LogP contribution in [0.25, 0.3) is 10.8 Å². The summed E-state index contributed by atoms with van der Waals surface area (Å²) in [5, 5.41) is 1.34. The first-order chi connectivity index (χ1) is 7.89. The molecule has 0 spiro atoms. The minimum Gasteiger partial charge on any atom is -0.324 e. The van der Waals surface area contributed by atoms with E-state index in [4.69, 9.17) is 5.73 Å². The van der Waals surface area contributed by atoms with E-state index in [9.17, 15) is 13.2 Å². The maximum atomic E-state index is 12.6. The van der Waals surface area contributed by atoms with Crippen LogP contribution in [-0.4, -0.2) is 0 Å². The zero-order chi connectivity index (χ0) is 12.6. The molecule has 0 aliphatic carbocycles. The van der Waals surface area contributed by atoms with Gasteiger partial charge in [-0.1, -0.05) is 24.3 Å². The molecule has 2 rings (SSSR count). The van der Waals surface area contributed by atoms with Crippen molar-refractivity contribution in [2.45, 2.75) is 19.1 Å². The fraction of sp³-hybridized carbons (Fsp3) is 0.231. The second kappa shape index (κ2) is 4.04. The summed E-state index contributed by atoms with van der Waals surface area (Å²) < 4.78 is 37.7. The van der Waals surface area contributed by atoms with Gasteiger partial charge in [-0.25, -0.2) is 0 Å². The Hall–Kier alpha value is -1.55. The minimum atomic E-state index is -4.31. The summed E-state index contributed by atoms with van der Waals surface area (Å²) in [5.41, 5.74) is 6.01. The SMILES string of the molecule is CC(N)c1cccc2cc(C(F)(F)F)ccc12. The lowest BCUT2D eigenvalue weighted by Crippen LogP contribution is -2.07. The van der Waals surface area contributed by atoms with Crippen molar-refractivity contribution in [2.24, 2.45) is 5.73 Å². The van der Waals surface area contributed by atoms with E-state index in [1.807, 2.05) is 13.0 Å². The van der Waals surface area contributed by atoms with Gasteiger partial charge in [-0.15, -0.1) is 0 Å². The van der Waals surface area contributed by atoms with Gasteiger partial charge in [-0.3, -0.25) is 0 Å². The van der Waals surface area contributed by atoms with E-state index >= 15 is 0 Å². The Morgan fingerprint density at radius 1 is 1.12 bits per heavy atom. The third kappa shape index (κ3) is 2.26. The average Bonchev–Trinajstić information content (AvgIpc) is 2.26. The first kappa shape index (κ1) is 11.9. The normalized spacial score (nSPS) is 13.9. The summed E-state index contributed by atoms with van der Waals surface area (Å²) in [6.07, 6.45) is -4.31. The summed E-state index contributed by atoms with van der Waals surface area (Å²) in [4.78, 5) is 0. The smallest absolute Gasteiger partial charge is 0.324 e. The Morgan fingerprint density at radius 2 is 1.82 bits per heavy atom. The lowest BCUT2D eigenvalue weighted by molar-refractivity contribution is -0.137. The van der Waals surface area contributed by atoms with Crippen molar-refractivity contribution < 1.29 is 13.2 Å². The van der Waals surface area contributed by atoms with Crippen LogP contribution in [0.2, 0.25) is 0 Å². The fourth-order valence-electron chi connectivity index (χ4n) is 1.88. The van der Waals surface area contributed by atoms with Gasteiger partial charge in [0, 0.05) is 6.04 Å². The maximum Gasteiger partial charge on any atom is 0.416 e. The standard InChI is InChI=1S/C13H12F3N/c1-8(17)11-4-2-3-9-7-10(13(14,15)16)5-6-12(9)11/h2-8H,17H2,1H3. The minimum absolute atomic E-state index is 0.199. The van der Waals surface area contributed by atoms with Gasteiger partial charge in [0.15, 0.2) is 0 Å². The molecule has 17 heavy (non-hydrogen) atoms. The highest BCUT2D eigenvalue weighted by atomic mass is 19.4. The molecular formula is C13H12F3N. The molecule has 0 saturated heterocycles. The van der Waals surface area contributed by atoms with Gasteiger partial charge in [0.25, 0.3) is 0 Å². The Labute approximate surface area is 97.0 Å². The first-order valence-corrected chi connectivity index (χ1v) is 5.25. The number of fused-ring (bicyclic) bond motifs is 1. The van der Waals surface area contributed by atoms with Crippen molar-refractivity contribution in [3.05, 3.63) is 47.5 Å². The number of benzene rings is 2.